The number of fused-ring (bicyclic) bond motifs is 1. The first-order valence-corrected chi connectivity index (χ1v) is 5.65. The summed E-state index contributed by atoms with van der Waals surface area (Å²) in [5.41, 5.74) is 2.26. The summed E-state index contributed by atoms with van der Waals surface area (Å²) >= 11 is 0. The van der Waals surface area contributed by atoms with Crippen molar-refractivity contribution in [2.75, 3.05) is 13.1 Å². The first-order chi connectivity index (χ1) is 7.83. The van der Waals surface area contributed by atoms with E-state index >= 15 is 0 Å². The summed E-state index contributed by atoms with van der Waals surface area (Å²) in [6, 6.07) is 6.22. The molecule has 4 heteroatoms. The van der Waals surface area contributed by atoms with Gasteiger partial charge in [0, 0.05) is 6.54 Å². The number of hydrogen-bond acceptors (Lipinski definition) is 3. The van der Waals surface area contributed by atoms with Crippen LogP contribution in [0.2, 0.25) is 0 Å². The van der Waals surface area contributed by atoms with Crippen LogP contribution in [0.5, 0.6) is 5.88 Å². The molecule has 1 aromatic carbocycles. The lowest BCUT2D eigenvalue weighted by atomic mass is 10.2. The molecule has 1 aromatic heterocycles. The molecule has 1 aliphatic rings. The molecule has 0 saturated carbocycles. The predicted molar refractivity (Wildman–Crippen MR) is 62.7 cm³/mol. The summed E-state index contributed by atoms with van der Waals surface area (Å²) in [6.07, 6.45) is 1.31. The van der Waals surface area contributed by atoms with Crippen LogP contribution in [0.3, 0.4) is 0 Å². The zero-order chi connectivity index (χ0) is 11.0. The minimum Gasteiger partial charge on any atom is -0.471 e. The lowest BCUT2D eigenvalue weighted by molar-refractivity contribution is 0.216. The van der Waals surface area contributed by atoms with Gasteiger partial charge in [0.1, 0.15) is 6.10 Å². The van der Waals surface area contributed by atoms with Crippen LogP contribution in [0.25, 0.3) is 10.9 Å². The first-order valence-electron chi connectivity index (χ1n) is 5.65. The molecule has 1 saturated heterocycles. The Hall–Kier alpha value is -1.55. The van der Waals surface area contributed by atoms with Crippen molar-refractivity contribution >= 4 is 10.9 Å². The highest BCUT2D eigenvalue weighted by molar-refractivity contribution is 5.84. The van der Waals surface area contributed by atoms with E-state index in [0.717, 1.165) is 36.3 Å². The highest BCUT2D eigenvalue weighted by Gasteiger charge is 2.18. The van der Waals surface area contributed by atoms with Crippen LogP contribution in [0.4, 0.5) is 0 Å². The van der Waals surface area contributed by atoms with Crippen molar-refractivity contribution in [1.82, 2.24) is 15.5 Å². The summed E-state index contributed by atoms with van der Waals surface area (Å²) in [5, 5.41) is 11.6. The fourth-order valence-electron chi connectivity index (χ4n) is 2.08. The average molecular weight is 217 g/mol. The highest BCUT2D eigenvalue weighted by Crippen LogP contribution is 2.25. The van der Waals surface area contributed by atoms with Gasteiger partial charge in [-0.1, -0.05) is 11.6 Å². The summed E-state index contributed by atoms with van der Waals surface area (Å²) in [7, 11) is 0. The smallest absolute Gasteiger partial charge is 0.240 e. The molecule has 1 unspecified atom stereocenters. The largest absolute Gasteiger partial charge is 0.471 e. The van der Waals surface area contributed by atoms with E-state index in [1.54, 1.807) is 0 Å². The summed E-state index contributed by atoms with van der Waals surface area (Å²) in [6.45, 7) is 4.03. The van der Waals surface area contributed by atoms with Gasteiger partial charge in [0.25, 0.3) is 0 Å². The summed E-state index contributed by atoms with van der Waals surface area (Å²) in [4.78, 5) is 0. The van der Waals surface area contributed by atoms with E-state index in [4.69, 9.17) is 4.74 Å². The van der Waals surface area contributed by atoms with Gasteiger partial charge >= 0.3 is 0 Å². The Morgan fingerprint density at radius 2 is 2.38 bits per heavy atom. The molecule has 0 amide bonds. The summed E-state index contributed by atoms with van der Waals surface area (Å²) < 4.78 is 5.88. The van der Waals surface area contributed by atoms with E-state index in [2.05, 4.69) is 34.6 Å². The second kappa shape index (κ2) is 3.79. The molecular formula is C12H15N3O. The number of aromatic nitrogens is 2. The van der Waals surface area contributed by atoms with Crippen LogP contribution in [0, 0.1) is 6.92 Å². The van der Waals surface area contributed by atoms with Crippen LogP contribution in [-0.4, -0.2) is 29.4 Å². The third-order valence-electron chi connectivity index (χ3n) is 2.98. The Morgan fingerprint density at radius 1 is 1.44 bits per heavy atom. The molecule has 0 aliphatic carbocycles. The maximum Gasteiger partial charge on any atom is 0.240 e. The van der Waals surface area contributed by atoms with Gasteiger partial charge < -0.3 is 10.1 Å². The minimum atomic E-state index is 0.256. The predicted octanol–water partition coefficient (Wildman–Crippen LogP) is 1.61. The molecule has 0 spiro atoms. The highest BCUT2D eigenvalue weighted by atomic mass is 16.5. The lowest BCUT2D eigenvalue weighted by Gasteiger charge is -2.09. The maximum absolute atomic E-state index is 5.88. The Morgan fingerprint density at radius 3 is 3.19 bits per heavy atom. The zero-order valence-corrected chi connectivity index (χ0v) is 9.29. The molecule has 84 valence electrons. The molecule has 0 radical (unpaired) electrons. The third-order valence-corrected chi connectivity index (χ3v) is 2.98. The maximum atomic E-state index is 5.88. The number of nitrogens with zero attached hydrogens (tertiary/aromatic N) is 1. The van der Waals surface area contributed by atoms with E-state index in [1.165, 1.54) is 5.56 Å². The van der Waals surface area contributed by atoms with Gasteiger partial charge in [-0.25, -0.2) is 0 Å². The second-order valence-electron chi connectivity index (χ2n) is 4.31. The Kier molecular flexibility index (Phi) is 2.29. The molecular weight excluding hydrogens is 202 g/mol. The van der Waals surface area contributed by atoms with E-state index in [9.17, 15) is 0 Å². The lowest BCUT2D eigenvalue weighted by Crippen LogP contribution is -2.19. The van der Waals surface area contributed by atoms with E-state index in [-0.39, 0.29) is 6.10 Å². The summed E-state index contributed by atoms with van der Waals surface area (Å²) in [5.74, 6) is 0.729. The quantitative estimate of drug-likeness (QED) is 0.803. The van der Waals surface area contributed by atoms with Crippen molar-refractivity contribution in [1.29, 1.82) is 0 Å². The molecule has 1 aliphatic heterocycles. The minimum absolute atomic E-state index is 0.256. The van der Waals surface area contributed by atoms with E-state index < -0.39 is 0 Å². The number of aromatic amines is 1. The van der Waals surface area contributed by atoms with Gasteiger partial charge in [-0.15, -0.1) is 5.10 Å². The van der Waals surface area contributed by atoms with Crippen LogP contribution in [-0.2, 0) is 0 Å². The van der Waals surface area contributed by atoms with Crippen molar-refractivity contribution in [2.24, 2.45) is 0 Å². The van der Waals surface area contributed by atoms with Crippen molar-refractivity contribution in [2.45, 2.75) is 19.4 Å². The molecule has 1 atom stereocenters. The average Bonchev–Trinajstić information content (AvgIpc) is 2.90. The topological polar surface area (TPSA) is 49.9 Å². The van der Waals surface area contributed by atoms with Crippen molar-refractivity contribution in [3.8, 4) is 5.88 Å². The molecule has 1 fully saturated rings. The normalized spacial score (nSPS) is 20.4. The number of rotatable bonds is 2. The van der Waals surface area contributed by atoms with Crippen LogP contribution in [0.1, 0.15) is 12.0 Å². The molecule has 2 aromatic rings. The number of hydrogen-bond donors (Lipinski definition) is 2. The van der Waals surface area contributed by atoms with Crippen molar-refractivity contribution in [3.63, 3.8) is 0 Å². The van der Waals surface area contributed by atoms with Crippen molar-refractivity contribution < 1.29 is 4.74 Å². The standard InChI is InChI=1S/C12H15N3O/c1-8-2-3-11-10(6-8)12(15-14-11)16-9-4-5-13-7-9/h2-3,6,9,13H,4-5,7H2,1H3,(H,14,15). The Bertz CT molecular complexity index is 500. The van der Waals surface area contributed by atoms with Crippen LogP contribution < -0.4 is 10.1 Å². The fraction of sp³-hybridized carbons (Fsp3) is 0.417. The van der Waals surface area contributed by atoms with E-state index in [1.807, 2.05) is 6.07 Å². The van der Waals surface area contributed by atoms with Crippen LogP contribution >= 0.6 is 0 Å². The molecule has 0 bridgehead atoms. The van der Waals surface area contributed by atoms with Gasteiger partial charge in [-0.3, -0.25) is 5.10 Å². The van der Waals surface area contributed by atoms with Gasteiger partial charge in [0.05, 0.1) is 10.9 Å². The Labute approximate surface area is 94.0 Å². The number of ether oxygens (including phenoxy) is 1. The third kappa shape index (κ3) is 1.65. The Balaban J connectivity index is 1.93. The van der Waals surface area contributed by atoms with Gasteiger partial charge in [-0.2, -0.15) is 0 Å². The fourth-order valence-corrected chi connectivity index (χ4v) is 2.08. The molecule has 2 N–H and O–H groups in total. The number of H-pyrrole nitrogens is 1. The molecule has 4 nitrogen and oxygen atoms in total. The zero-order valence-electron chi connectivity index (χ0n) is 9.29. The van der Waals surface area contributed by atoms with E-state index in [0.29, 0.717) is 0 Å². The second-order valence-corrected chi connectivity index (χ2v) is 4.31. The van der Waals surface area contributed by atoms with Gasteiger partial charge in [0.2, 0.25) is 5.88 Å². The molecule has 16 heavy (non-hydrogen) atoms. The van der Waals surface area contributed by atoms with Gasteiger partial charge in [-0.05, 0) is 32.0 Å². The van der Waals surface area contributed by atoms with Crippen molar-refractivity contribution in [3.05, 3.63) is 23.8 Å². The number of benzene rings is 1. The molecule has 3 rings (SSSR count). The number of nitrogens with one attached hydrogen (secondary N) is 2. The first kappa shape index (κ1) is 9.66. The number of aryl methyl sites for hydroxylation is 1. The molecule has 2 heterocycles. The SMILES string of the molecule is Cc1ccc2[nH]nc(OC3CCNC3)c2c1. The van der Waals surface area contributed by atoms with Gasteiger partial charge in [0.15, 0.2) is 0 Å². The monoisotopic (exact) mass is 217 g/mol. The van der Waals surface area contributed by atoms with Crippen LogP contribution in [0.15, 0.2) is 18.2 Å².